The highest BCUT2D eigenvalue weighted by Crippen LogP contribution is 2.23. The lowest BCUT2D eigenvalue weighted by atomic mass is 10.1. The Balaban J connectivity index is 2.40. The van der Waals surface area contributed by atoms with Gasteiger partial charge in [0.15, 0.2) is 0 Å². The quantitative estimate of drug-likeness (QED) is 0.848. The molecule has 1 aromatic carbocycles. The zero-order chi connectivity index (χ0) is 15.6. The number of hydrogen-bond acceptors (Lipinski definition) is 4. The van der Waals surface area contributed by atoms with Gasteiger partial charge in [-0.15, -0.1) is 0 Å². The minimum absolute atomic E-state index is 0.0557. The average molecular weight is 306 g/mol. The number of hydrogen-bond donors (Lipinski definition) is 2. The van der Waals surface area contributed by atoms with E-state index in [0.29, 0.717) is 10.7 Å². The van der Waals surface area contributed by atoms with E-state index in [9.17, 15) is 14.7 Å². The number of carboxylic acid groups (broad SMARTS) is 1. The molecule has 0 radical (unpaired) electrons. The summed E-state index contributed by atoms with van der Waals surface area (Å²) in [6.45, 7) is 0. The van der Waals surface area contributed by atoms with Crippen molar-refractivity contribution in [1.82, 2.24) is 4.98 Å². The highest BCUT2D eigenvalue weighted by Gasteiger charge is 2.20. The molecule has 0 bridgehead atoms. The molecule has 2 rings (SSSR count). The molecule has 0 atom stereocenters. The molecule has 1 aromatic heterocycles. The van der Waals surface area contributed by atoms with Gasteiger partial charge in [-0.05, 0) is 30.3 Å². The number of benzene rings is 1. The Bertz CT molecular complexity index is 701. The van der Waals surface area contributed by atoms with Crippen molar-refractivity contribution in [3.63, 3.8) is 0 Å². The molecule has 6 nitrogen and oxygen atoms in total. The third-order valence-electron chi connectivity index (χ3n) is 2.86. The van der Waals surface area contributed by atoms with Crippen molar-refractivity contribution in [3.8, 4) is 0 Å². The summed E-state index contributed by atoms with van der Waals surface area (Å²) in [6.07, 6.45) is 1.35. The van der Waals surface area contributed by atoms with Crippen LogP contribution in [-0.4, -0.2) is 29.0 Å². The molecule has 0 fully saturated rings. The van der Waals surface area contributed by atoms with Crippen LogP contribution < -0.4 is 10.6 Å². The first kappa shape index (κ1) is 14.8. The number of carboxylic acids is 1. The lowest BCUT2D eigenvalue weighted by molar-refractivity contribution is 0.0698. The summed E-state index contributed by atoms with van der Waals surface area (Å²) >= 11 is 5.72. The van der Waals surface area contributed by atoms with Crippen LogP contribution in [0.4, 0.5) is 11.4 Å². The lowest BCUT2D eigenvalue weighted by Crippen LogP contribution is -2.28. The normalized spacial score (nSPS) is 10.2. The minimum atomic E-state index is -1.17. The molecule has 0 aliphatic heterocycles. The van der Waals surface area contributed by atoms with E-state index in [1.807, 2.05) is 0 Å². The Morgan fingerprint density at radius 3 is 2.57 bits per heavy atom. The van der Waals surface area contributed by atoms with Gasteiger partial charge < -0.3 is 15.7 Å². The molecular formula is C14H12ClN3O3. The van der Waals surface area contributed by atoms with Crippen LogP contribution in [0.2, 0.25) is 5.02 Å². The molecule has 3 N–H and O–H groups in total. The molecule has 2 aromatic rings. The first-order valence-corrected chi connectivity index (χ1v) is 6.30. The monoisotopic (exact) mass is 305 g/mol. The fraction of sp³-hybridized carbons (Fsp3) is 0.0714. The first-order chi connectivity index (χ1) is 9.90. The Labute approximate surface area is 125 Å². The zero-order valence-electron chi connectivity index (χ0n) is 11.1. The molecule has 0 unspecified atom stereocenters. The number of carbonyl (C=O) groups excluding carboxylic acids is 1. The van der Waals surface area contributed by atoms with E-state index in [2.05, 4.69) is 4.98 Å². The van der Waals surface area contributed by atoms with Crippen molar-refractivity contribution < 1.29 is 14.7 Å². The van der Waals surface area contributed by atoms with E-state index in [-0.39, 0.29) is 16.9 Å². The van der Waals surface area contributed by atoms with Crippen molar-refractivity contribution >= 4 is 34.9 Å². The molecular weight excluding hydrogens is 294 g/mol. The number of pyridine rings is 1. The molecule has 21 heavy (non-hydrogen) atoms. The fourth-order valence-electron chi connectivity index (χ4n) is 1.80. The van der Waals surface area contributed by atoms with Crippen molar-refractivity contribution in [2.45, 2.75) is 0 Å². The predicted octanol–water partition coefficient (Wildman–Crippen LogP) is 2.29. The van der Waals surface area contributed by atoms with Gasteiger partial charge in [-0.3, -0.25) is 4.79 Å². The number of halogens is 1. The maximum absolute atomic E-state index is 12.3. The smallest absolute Gasteiger partial charge is 0.337 e. The van der Waals surface area contributed by atoms with Crippen molar-refractivity contribution in [1.29, 1.82) is 0 Å². The maximum atomic E-state index is 12.3. The molecule has 0 spiro atoms. The summed E-state index contributed by atoms with van der Waals surface area (Å²) in [5.41, 5.74) is 6.22. The molecule has 108 valence electrons. The number of amides is 1. The summed E-state index contributed by atoms with van der Waals surface area (Å²) in [6, 6.07) is 7.32. The lowest BCUT2D eigenvalue weighted by Gasteiger charge is -2.19. The Kier molecular flexibility index (Phi) is 4.09. The zero-order valence-corrected chi connectivity index (χ0v) is 11.8. The number of nitrogen functional groups attached to an aromatic ring is 1. The van der Waals surface area contributed by atoms with Crippen LogP contribution in [0, 0.1) is 0 Å². The summed E-state index contributed by atoms with van der Waals surface area (Å²) in [5, 5.41) is 9.61. The first-order valence-electron chi connectivity index (χ1n) is 5.92. The molecule has 0 aliphatic carbocycles. The summed E-state index contributed by atoms with van der Waals surface area (Å²) in [4.78, 5) is 28.7. The Hall–Kier alpha value is -2.60. The molecule has 0 saturated heterocycles. The highest BCUT2D eigenvalue weighted by molar-refractivity contribution is 6.30. The standard InChI is InChI=1S/C14H12ClN3O3/c1-18(13(19)11-4-2-8(15)7-17-11)12-5-3-9(16)6-10(12)14(20)21/h2-7H,16H2,1H3,(H,20,21). The Morgan fingerprint density at radius 1 is 1.29 bits per heavy atom. The van der Waals surface area contributed by atoms with Crippen LogP contribution in [-0.2, 0) is 0 Å². The summed E-state index contributed by atoms with van der Waals surface area (Å²) in [5.74, 6) is -1.61. The van der Waals surface area contributed by atoms with Crippen LogP contribution in [0.25, 0.3) is 0 Å². The SMILES string of the molecule is CN(C(=O)c1ccc(Cl)cn1)c1ccc(N)cc1C(=O)O. The van der Waals surface area contributed by atoms with Crippen LogP contribution in [0.5, 0.6) is 0 Å². The minimum Gasteiger partial charge on any atom is -0.478 e. The third kappa shape index (κ3) is 3.11. The molecule has 1 heterocycles. The molecule has 0 aliphatic rings. The maximum Gasteiger partial charge on any atom is 0.337 e. The predicted molar refractivity (Wildman–Crippen MR) is 79.8 cm³/mol. The summed E-state index contributed by atoms with van der Waals surface area (Å²) in [7, 11) is 1.47. The summed E-state index contributed by atoms with van der Waals surface area (Å²) < 4.78 is 0. The number of aromatic nitrogens is 1. The van der Waals surface area contributed by atoms with Gasteiger partial charge in [0, 0.05) is 18.9 Å². The number of carbonyl (C=O) groups is 2. The molecule has 0 saturated carbocycles. The second-order valence-corrected chi connectivity index (χ2v) is 4.74. The Morgan fingerprint density at radius 2 is 2.00 bits per heavy atom. The number of aromatic carboxylic acids is 1. The van der Waals surface area contributed by atoms with E-state index in [1.54, 1.807) is 0 Å². The van der Waals surface area contributed by atoms with Gasteiger partial charge in [0.2, 0.25) is 0 Å². The van der Waals surface area contributed by atoms with Crippen molar-refractivity contribution in [2.75, 3.05) is 17.7 Å². The largest absolute Gasteiger partial charge is 0.478 e. The van der Waals surface area contributed by atoms with Crippen LogP contribution >= 0.6 is 11.6 Å². The van der Waals surface area contributed by atoms with E-state index in [4.69, 9.17) is 17.3 Å². The van der Waals surface area contributed by atoms with Gasteiger partial charge >= 0.3 is 5.97 Å². The van der Waals surface area contributed by atoms with Gasteiger partial charge in [0.25, 0.3) is 5.91 Å². The van der Waals surface area contributed by atoms with Crippen LogP contribution in [0.1, 0.15) is 20.8 Å². The second-order valence-electron chi connectivity index (χ2n) is 4.31. The van der Waals surface area contributed by atoms with Crippen LogP contribution in [0.15, 0.2) is 36.5 Å². The number of nitrogens with zero attached hydrogens (tertiary/aromatic N) is 2. The van der Waals surface area contributed by atoms with Crippen LogP contribution in [0.3, 0.4) is 0 Å². The number of rotatable bonds is 3. The third-order valence-corrected chi connectivity index (χ3v) is 3.09. The van der Waals surface area contributed by atoms with E-state index < -0.39 is 11.9 Å². The van der Waals surface area contributed by atoms with Gasteiger partial charge in [-0.1, -0.05) is 11.6 Å². The fourth-order valence-corrected chi connectivity index (χ4v) is 1.91. The van der Waals surface area contributed by atoms with Crippen molar-refractivity contribution in [3.05, 3.63) is 52.8 Å². The van der Waals surface area contributed by atoms with E-state index in [0.717, 1.165) is 0 Å². The topological polar surface area (TPSA) is 96.5 Å². The van der Waals surface area contributed by atoms with Gasteiger partial charge in [0.05, 0.1) is 16.3 Å². The number of nitrogens with two attached hydrogens (primary N) is 1. The molecule has 7 heteroatoms. The average Bonchev–Trinajstić information content (AvgIpc) is 2.46. The van der Waals surface area contributed by atoms with Gasteiger partial charge in [0.1, 0.15) is 5.69 Å². The van der Waals surface area contributed by atoms with Gasteiger partial charge in [-0.25, -0.2) is 9.78 Å². The highest BCUT2D eigenvalue weighted by atomic mass is 35.5. The molecule has 1 amide bonds. The van der Waals surface area contributed by atoms with Crippen molar-refractivity contribution in [2.24, 2.45) is 0 Å². The van der Waals surface area contributed by atoms with Gasteiger partial charge in [-0.2, -0.15) is 0 Å². The van der Waals surface area contributed by atoms with E-state index in [1.165, 1.54) is 48.5 Å². The number of anilines is 2. The van der Waals surface area contributed by atoms with E-state index >= 15 is 0 Å². The second kappa shape index (κ2) is 5.80.